The van der Waals surface area contributed by atoms with Crippen LogP contribution in [-0.2, 0) is 16.0 Å². The summed E-state index contributed by atoms with van der Waals surface area (Å²) in [6.07, 6.45) is 3.29. The Kier molecular flexibility index (Phi) is 13.7. The maximum atomic E-state index is 14.0. The molecule has 242 valence electrons. The third-order valence-corrected chi connectivity index (χ3v) is 7.57. The summed E-state index contributed by atoms with van der Waals surface area (Å²) in [5.41, 5.74) is 20.6. The smallest absolute Gasteiger partial charge is 0.243 e. The molecule has 0 spiro atoms. The lowest BCUT2D eigenvalue weighted by molar-refractivity contribution is -0.130. The lowest BCUT2D eigenvalue weighted by Crippen LogP contribution is -2.53. The SMILES string of the molecule is Cc1cc(O)cc(C)c1CC(NC(=O)C(N)CCCNC(=N)N)C(=O)N[C@@H](CCCCN)c1cccc(Oc2ccccc2)c1. The Morgan fingerprint density at radius 1 is 0.889 bits per heavy atom. The molecule has 0 fully saturated rings. The van der Waals surface area contributed by atoms with Gasteiger partial charge < -0.3 is 43.0 Å². The fraction of sp³-hybridized carbons (Fsp3) is 0.382. The molecule has 3 aromatic rings. The Morgan fingerprint density at radius 2 is 1.58 bits per heavy atom. The summed E-state index contributed by atoms with van der Waals surface area (Å²) in [5, 5.41) is 26.1. The quantitative estimate of drug-likeness (QED) is 0.0639. The van der Waals surface area contributed by atoms with E-state index in [0.717, 1.165) is 35.1 Å². The molecule has 11 heteroatoms. The Hall–Kier alpha value is -4.61. The molecule has 2 unspecified atom stereocenters. The summed E-state index contributed by atoms with van der Waals surface area (Å²) in [6, 6.07) is 18.2. The van der Waals surface area contributed by atoms with Crippen LogP contribution in [0, 0.1) is 19.3 Å². The molecule has 3 aromatic carbocycles. The maximum absolute atomic E-state index is 14.0. The van der Waals surface area contributed by atoms with E-state index in [2.05, 4.69) is 16.0 Å². The van der Waals surface area contributed by atoms with Gasteiger partial charge in [-0.1, -0.05) is 30.3 Å². The van der Waals surface area contributed by atoms with Gasteiger partial charge in [-0.2, -0.15) is 0 Å². The lowest BCUT2D eigenvalue weighted by Gasteiger charge is -2.26. The maximum Gasteiger partial charge on any atom is 0.243 e. The first kappa shape index (κ1) is 34.9. The number of amides is 2. The number of nitrogens with two attached hydrogens (primary N) is 3. The molecule has 0 saturated heterocycles. The minimum Gasteiger partial charge on any atom is -0.508 e. The number of hydrogen-bond donors (Lipinski definition) is 8. The van der Waals surface area contributed by atoms with Crippen LogP contribution in [0.4, 0.5) is 0 Å². The number of nitrogens with one attached hydrogen (secondary N) is 4. The number of guanidine groups is 1. The number of benzene rings is 3. The van der Waals surface area contributed by atoms with Crippen molar-refractivity contribution in [1.82, 2.24) is 16.0 Å². The first-order valence-corrected chi connectivity index (χ1v) is 15.3. The van der Waals surface area contributed by atoms with Crippen molar-refractivity contribution in [2.45, 2.75) is 70.5 Å². The number of hydrogen-bond acceptors (Lipinski definition) is 7. The molecule has 11 nitrogen and oxygen atoms in total. The molecule has 11 N–H and O–H groups in total. The zero-order chi connectivity index (χ0) is 32.8. The Bertz CT molecular complexity index is 1390. The molecule has 0 aliphatic carbocycles. The molecule has 0 saturated carbocycles. The number of aromatic hydroxyl groups is 1. The van der Waals surface area contributed by atoms with E-state index in [1.165, 1.54) is 0 Å². The van der Waals surface area contributed by atoms with Crippen molar-refractivity contribution in [2.24, 2.45) is 17.2 Å². The van der Waals surface area contributed by atoms with E-state index in [1.807, 2.05) is 68.4 Å². The second kappa shape index (κ2) is 17.6. The van der Waals surface area contributed by atoms with Gasteiger partial charge in [0.15, 0.2) is 5.96 Å². The van der Waals surface area contributed by atoms with Crippen molar-refractivity contribution < 1.29 is 19.4 Å². The highest BCUT2D eigenvalue weighted by molar-refractivity contribution is 5.90. The van der Waals surface area contributed by atoms with Gasteiger partial charge in [0.1, 0.15) is 23.3 Å². The summed E-state index contributed by atoms with van der Waals surface area (Å²) in [7, 11) is 0. The third-order valence-electron chi connectivity index (χ3n) is 7.57. The average Bonchev–Trinajstić information content (AvgIpc) is 3.00. The summed E-state index contributed by atoms with van der Waals surface area (Å²) < 4.78 is 6.05. The Morgan fingerprint density at radius 3 is 2.24 bits per heavy atom. The molecule has 0 aromatic heterocycles. The molecule has 0 radical (unpaired) electrons. The fourth-order valence-electron chi connectivity index (χ4n) is 5.17. The number of para-hydroxylation sites is 1. The van der Waals surface area contributed by atoms with Gasteiger partial charge >= 0.3 is 0 Å². The van der Waals surface area contributed by atoms with Crippen LogP contribution in [0.25, 0.3) is 0 Å². The van der Waals surface area contributed by atoms with Gasteiger partial charge in [-0.15, -0.1) is 0 Å². The largest absolute Gasteiger partial charge is 0.508 e. The molecule has 45 heavy (non-hydrogen) atoms. The van der Waals surface area contributed by atoms with E-state index in [4.69, 9.17) is 27.3 Å². The van der Waals surface area contributed by atoms with Gasteiger partial charge in [0.2, 0.25) is 11.8 Å². The van der Waals surface area contributed by atoms with Crippen molar-refractivity contribution in [3.8, 4) is 17.2 Å². The normalized spacial score (nSPS) is 12.9. The topological polar surface area (TPSA) is 202 Å². The molecule has 0 heterocycles. The molecule has 0 bridgehead atoms. The van der Waals surface area contributed by atoms with Crippen LogP contribution >= 0.6 is 0 Å². The number of ether oxygens (including phenoxy) is 1. The van der Waals surface area contributed by atoms with Gasteiger partial charge in [0, 0.05) is 13.0 Å². The van der Waals surface area contributed by atoms with Crippen LogP contribution in [0.5, 0.6) is 17.2 Å². The second-order valence-electron chi connectivity index (χ2n) is 11.2. The Balaban J connectivity index is 1.84. The Labute approximate surface area is 265 Å². The van der Waals surface area contributed by atoms with Crippen LogP contribution in [0.2, 0.25) is 0 Å². The summed E-state index contributed by atoms with van der Waals surface area (Å²) in [6.45, 7) is 4.67. The van der Waals surface area contributed by atoms with Gasteiger partial charge in [0.05, 0.1) is 12.1 Å². The number of aryl methyl sites for hydroxylation is 2. The number of rotatable bonds is 17. The van der Waals surface area contributed by atoms with E-state index in [0.29, 0.717) is 43.9 Å². The summed E-state index contributed by atoms with van der Waals surface area (Å²) in [4.78, 5) is 27.2. The molecule has 3 rings (SSSR count). The van der Waals surface area contributed by atoms with Crippen molar-refractivity contribution in [3.05, 3.63) is 89.0 Å². The fourth-order valence-corrected chi connectivity index (χ4v) is 5.17. The van der Waals surface area contributed by atoms with Crippen molar-refractivity contribution >= 4 is 17.8 Å². The van der Waals surface area contributed by atoms with E-state index in [-0.39, 0.29) is 30.1 Å². The molecular formula is C34H47N7O4. The van der Waals surface area contributed by atoms with Crippen LogP contribution in [0.3, 0.4) is 0 Å². The van der Waals surface area contributed by atoms with Crippen LogP contribution < -0.4 is 37.9 Å². The second-order valence-corrected chi connectivity index (χ2v) is 11.2. The van der Waals surface area contributed by atoms with E-state index in [9.17, 15) is 14.7 Å². The van der Waals surface area contributed by atoms with Gasteiger partial charge in [-0.3, -0.25) is 15.0 Å². The summed E-state index contributed by atoms with van der Waals surface area (Å²) in [5.74, 6) is 0.523. The van der Waals surface area contributed by atoms with Crippen LogP contribution in [-0.4, -0.2) is 48.1 Å². The predicted molar refractivity (Wildman–Crippen MR) is 177 cm³/mol. The number of carbonyl (C=O) groups is 2. The van der Waals surface area contributed by atoms with Crippen molar-refractivity contribution in [3.63, 3.8) is 0 Å². The molecular weight excluding hydrogens is 570 g/mol. The molecule has 2 amide bonds. The zero-order valence-corrected chi connectivity index (χ0v) is 26.1. The standard InChI is InChI=1S/C34H47N7O4/c1-22-18-25(42)19-23(2)28(22)21-31(41-32(43)29(36)14-9-17-39-34(37)38)33(44)40-30(15-6-7-16-35)24-10-8-13-27(20-24)45-26-11-4-3-5-12-26/h3-5,8,10-13,18-20,29-31,42H,6-7,9,14-17,21,35-36H2,1-2H3,(H,40,44)(H,41,43)(H4,37,38,39)/t29?,30-,31?/m0/s1. The first-order valence-electron chi connectivity index (χ1n) is 15.3. The number of phenolic OH excluding ortho intramolecular Hbond substituents is 1. The minimum absolute atomic E-state index is 0.137. The minimum atomic E-state index is -0.929. The predicted octanol–water partition coefficient (Wildman–Crippen LogP) is 3.41. The van der Waals surface area contributed by atoms with Crippen molar-refractivity contribution in [1.29, 1.82) is 5.41 Å². The van der Waals surface area contributed by atoms with Gasteiger partial charge in [-0.25, -0.2) is 0 Å². The van der Waals surface area contributed by atoms with Crippen molar-refractivity contribution in [2.75, 3.05) is 13.1 Å². The molecule has 0 aliphatic rings. The highest BCUT2D eigenvalue weighted by atomic mass is 16.5. The zero-order valence-electron chi connectivity index (χ0n) is 26.1. The number of unbranched alkanes of at least 4 members (excludes halogenated alkanes) is 1. The monoisotopic (exact) mass is 617 g/mol. The number of phenols is 1. The first-order chi connectivity index (χ1) is 21.6. The summed E-state index contributed by atoms with van der Waals surface area (Å²) >= 11 is 0. The van der Waals surface area contributed by atoms with Gasteiger partial charge in [0.25, 0.3) is 0 Å². The van der Waals surface area contributed by atoms with E-state index < -0.39 is 18.0 Å². The van der Waals surface area contributed by atoms with Crippen LogP contribution in [0.1, 0.15) is 60.4 Å². The average molecular weight is 618 g/mol. The lowest BCUT2D eigenvalue weighted by atomic mass is 9.94. The molecule has 0 aliphatic heterocycles. The van der Waals surface area contributed by atoms with Gasteiger partial charge in [-0.05, 0) is 111 Å². The molecule has 3 atom stereocenters. The van der Waals surface area contributed by atoms with E-state index in [1.54, 1.807) is 12.1 Å². The number of carbonyl (C=O) groups excluding carboxylic acids is 2. The van der Waals surface area contributed by atoms with E-state index >= 15 is 0 Å². The highest BCUT2D eigenvalue weighted by Crippen LogP contribution is 2.28. The third kappa shape index (κ3) is 11.4. The van der Waals surface area contributed by atoms with Crippen LogP contribution in [0.15, 0.2) is 66.7 Å². The highest BCUT2D eigenvalue weighted by Gasteiger charge is 2.27.